The van der Waals surface area contributed by atoms with Crippen molar-refractivity contribution in [2.24, 2.45) is 5.92 Å². The summed E-state index contributed by atoms with van der Waals surface area (Å²) in [6.45, 7) is 8.65. The number of nitrogens with one attached hydrogen (secondary N) is 1. The van der Waals surface area contributed by atoms with E-state index in [4.69, 9.17) is 0 Å². The van der Waals surface area contributed by atoms with Crippen molar-refractivity contribution < 1.29 is 0 Å². The summed E-state index contributed by atoms with van der Waals surface area (Å²) in [5.74, 6) is 1.02. The first kappa shape index (κ1) is 11.0. The van der Waals surface area contributed by atoms with E-state index in [1.165, 1.54) is 58.2 Å². The Labute approximate surface area is 99.8 Å². The van der Waals surface area contributed by atoms with Gasteiger partial charge in [0.05, 0.1) is 0 Å². The number of nitrogens with zero attached hydrogens (tertiary/aromatic N) is 1. The fraction of sp³-hybridized carbons (Fsp3) is 1.00. The van der Waals surface area contributed by atoms with Gasteiger partial charge in [-0.2, -0.15) is 0 Å². The molecule has 16 heavy (non-hydrogen) atoms. The summed E-state index contributed by atoms with van der Waals surface area (Å²) in [5, 5.41) is 3.87. The summed E-state index contributed by atoms with van der Waals surface area (Å²) in [6.07, 6.45) is 8.64. The zero-order valence-corrected chi connectivity index (χ0v) is 10.9. The molecule has 0 unspecified atom stereocenters. The predicted molar refractivity (Wildman–Crippen MR) is 67.6 cm³/mol. The second-order valence-electron chi connectivity index (χ2n) is 6.98. The normalized spacial score (nSPS) is 33.4. The van der Waals surface area contributed by atoms with Crippen LogP contribution in [0.5, 0.6) is 0 Å². The lowest BCUT2D eigenvalue weighted by atomic mass is 9.87. The van der Waals surface area contributed by atoms with Crippen molar-refractivity contribution in [2.45, 2.75) is 63.5 Å². The van der Waals surface area contributed by atoms with Gasteiger partial charge in [-0.05, 0) is 45.4 Å². The van der Waals surface area contributed by atoms with Gasteiger partial charge in [-0.1, -0.05) is 12.8 Å². The van der Waals surface area contributed by atoms with E-state index in [1.54, 1.807) is 0 Å². The van der Waals surface area contributed by atoms with Gasteiger partial charge in [-0.3, -0.25) is 4.90 Å². The van der Waals surface area contributed by atoms with E-state index in [9.17, 15) is 0 Å². The highest BCUT2D eigenvalue weighted by Crippen LogP contribution is 2.38. The predicted octanol–water partition coefficient (Wildman–Crippen LogP) is 2.39. The van der Waals surface area contributed by atoms with Crippen molar-refractivity contribution in [2.75, 3.05) is 19.6 Å². The largest absolute Gasteiger partial charge is 0.308 e. The fourth-order valence-corrected chi connectivity index (χ4v) is 3.46. The van der Waals surface area contributed by atoms with E-state index >= 15 is 0 Å². The summed E-state index contributed by atoms with van der Waals surface area (Å²) in [6, 6.07) is 0. The Morgan fingerprint density at radius 3 is 2.50 bits per heavy atom. The lowest BCUT2D eigenvalue weighted by Crippen LogP contribution is -2.67. The lowest BCUT2D eigenvalue weighted by Gasteiger charge is -2.51. The molecule has 0 aromatic carbocycles. The molecule has 1 heterocycles. The summed E-state index contributed by atoms with van der Waals surface area (Å²) < 4.78 is 0. The highest BCUT2D eigenvalue weighted by Gasteiger charge is 2.45. The minimum atomic E-state index is 0.371. The van der Waals surface area contributed by atoms with Crippen molar-refractivity contribution in [3.63, 3.8) is 0 Å². The van der Waals surface area contributed by atoms with Crippen molar-refractivity contribution in [1.29, 1.82) is 0 Å². The highest BCUT2D eigenvalue weighted by molar-refractivity contribution is 5.04. The molecule has 1 spiro atoms. The highest BCUT2D eigenvalue weighted by atomic mass is 15.3. The van der Waals surface area contributed by atoms with Gasteiger partial charge < -0.3 is 5.32 Å². The van der Waals surface area contributed by atoms with Crippen LogP contribution in [0.1, 0.15) is 52.4 Å². The maximum Gasteiger partial charge on any atom is 0.0309 e. The minimum Gasteiger partial charge on any atom is -0.308 e. The molecule has 0 bridgehead atoms. The number of hydrogen-bond donors (Lipinski definition) is 1. The molecule has 2 aliphatic carbocycles. The summed E-state index contributed by atoms with van der Waals surface area (Å²) >= 11 is 0. The maximum atomic E-state index is 3.87. The summed E-state index contributed by atoms with van der Waals surface area (Å²) in [5.41, 5.74) is 0.862. The lowest BCUT2D eigenvalue weighted by molar-refractivity contribution is 0.0247. The van der Waals surface area contributed by atoms with Gasteiger partial charge in [0.1, 0.15) is 0 Å². The van der Waals surface area contributed by atoms with E-state index in [0.29, 0.717) is 11.1 Å². The van der Waals surface area contributed by atoms with Gasteiger partial charge in [0.25, 0.3) is 0 Å². The number of piperazine rings is 1. The molecule has 2 saturated carbocycles. The molecule has 0 radical (unpaired) electrons. The molecule has 3 rings (SSSR count). The Morgan fingerprint density at radius 1 is 1.19 bits per heavy atom. The molecule has 2 nitrogen and oxygen atoms in total. The molecule has 0 atom stereocenters. The zero-order valence-electron chi connectivity index (χ0n) is 10.9. The van der Waals surface area contributed by atoms with Crippen LogP contribution in [0.25, 0.3) is 0 Å². The summed E-state index contributed by atoms with van der Waals surface area (Å²) in [4.78, 5) is 2.78. The average Bonchev–Trinajstić information content (AvgIpc) is 2.93. The van der Waals surface area contributed by atoms with Gasteiger partial charge in [-0.15, -0.1) is 0 Å². The van der Waals surface area contributed by atoms with Crippen LogP contribution in [0.15, 0.2) is 0 Å². The number of hydrogen-bond acceptors (Lipinski definition) is 2. The van der Waals surface area contributed by atoms with Crippen LogP contribution >= 0.6 is 0 Å². The second kappa shape index (κ2) is 3.71. The molecule has 1 N–H and O–H groups in total. The van der Waals surface area contributed by atoms with Gasteiger partial charge in [0.2, 0.25) is 0 Å². The Bertz CT molecular complexity index is 262. The molecule has 92 valence electrons. The first-order valence-electron chi connectivity index (χ1n) is 7.10. The van der Waals surface area contributed by atoms with Gasteiger partial charge in [-0.25, -0.2) is 0 Å². The van der Waals surface area contributed by atoms with Crippen molar-refractivity contribution in [3.8, 4) is 0 Å². The third-order valence-electron chi connectivity index (χ3n) is 4.98. The molecule has 0 aromatic rings. The summed E-state index contributed by atoms with van der Waals surface area (Å²) in [7, 11) is 0. The van der Waals surface area contributed by atoms with E-state index in [-0.39, 0.29) is 0 Å². The first-order valence-corrected chi connectivity index (χ1v) is 7.10. The van der Waals surface area contributed by atoms with Crippen LogP contribution in [-0.4, -0.2) is 35.6 Å². The average molecular weight is 222 g/mol. The zero-order chi connectivity index (χ0) is 11.2. The van der Waals surface area contributed by atoms with Crippen LogP contribution < -0.4 is 5.32 Å². The SMILES string of the molecule is CC1(C)CNC2(CCCC2)CN1CC1CC1. The first-order chi connectivity index (χ1) is 7.60. The Balaban J connectivity index is 1.70. The van der Waals surface area contributed by atoms with Crippen LogP contribution in [0.3, 0.4) is 0 Å². The topological polar surface area (TPSA) is 15.3 Å². The van der Waals surface area contributed by atoms with Gasteiger partial charge in [0, 0.05) is 30.7 Å². The third kappa shape index (κ3) is 2.02. The molecule has 1 aliphatic heterocycles. The van der Waals surface area contributed by atoms with Crippen LogP contribution in [0, 0.1) is 5.92 Å². The molecular weight excluding hydrogens is 196 g/mol. The minimum absolute atomic E-state index is 0.371. The Hall–Kier alpha value is -0.0800. The molecule has 1 saturated heterocycles. The van der Waals surface area contributed by atoms with E-state index in [1.807, 2.05) is 0 Å². The second-order valence-corrected chi connectivity index (χ2v) is 6.98. The van der Waals surface area contributed by atoms with Crippen molar-refractivity contribution in [3.05, 3.63) is 0 Å². The van der Waals surface area contributed by atoms with Crippen LogP contribution in [-0.2, 0) is 0 Å². The molecular formula is C14H26N2. The van der Waals surface area contributed by atoms with Gasteiger partial charge in [0.15, 0.2) is 0 Å². The quantitative estimate of drug-likeness (QED) is 0.772. The van der Waals surface area contributed by atoms with E-state index < -0.39 is 0 Å². The molecule has 0 aromatic heterocycles. The van der Waals surface area contributed by atoms with E-state index in [0.717, 1.165) is 5.92 Å². The monoisotopic (exact) mass is 222 g/mol. The Morgan fingerprint density at radius 2 is 1.88 bits per heavy atom. The van der Waals surface area contributed by atoms with Crippen molar-refractivity contribution >= 4 is 0 Å². The molecule has 3 fully saturated rings. The molecule has 2 heteroatoms. The maximum absolute atomic E-state index is 3.87. The molecule has 3 aliphatic rings. The smallest absolute Gasteiger partial charge is 0.0309 e. The third-order valence-corrected chi connectivity index (χ3v) is 4.98. The van der Waals surface area contributed by atoms with Gasteiger partial charge >= 0.3 is 0 Å². The molecule has 0 amide bonds. The standard InChI is InChI=1S/C14H26N2/c1-13(2)10-15-14(7-3-4-8-14)11-16(13)9-12-5-6-12/h12,15H,3-11H2,1-2H3. The van der Waals surface area contributed by atoms with Crippen molar-refractivity contribution in [1.82, 2.24) is 10.2 Å². The van der Waals surface area contributed by atoms with E-state index in [2.05, 4.69) is 24.1 Å². The van der Waals surface area contributed by atoms with Crippen LogP contribution in [0.4, 0.5) is 0 Å². The number of rotatable bonds is 2. The Kier molecular flexibility index (Phi) is 2.56. The van der Waals surface area contributed by atoms with Crippen LogP contribution in [0.2, 0.25) is 0 Å². The fourth-order valence-electron chi connectivity index (χ4n) is 3.46.